The Morgan fingerprint density at radius 1 is 0.939 bits per heavy atom. The zero-order valence-electron chi connectivity index (χ0n) is 18.4. The maximum Gasteiger partial charge on any atom is 0.249 e. The van der Waals surface area contributed by atoms with E-state index >= 15 is 0 Å². The molecule has 5 rings (SSSR count). The summed E-state index contributed by atoms with van der Waals surface area (Å²) >= 11 is 6.09. The van der Waals surface area contributed by atoms with E-state index in [1.165, 1.54) is 0 Å². The molecule has 0 bridgehead atoms. The lowest BCUT2D eigenvalue weighted by Gasteiger charge is -2.11. The van der Waals surface area contributed by atoms with Gasteiger partial charge in [0, 0.05) is 27.9 Å². The summed E-state index contributed by atoms with van der Waals surface area (Å²) in [5, 5.41) is 2.59. The van der Waals surface area contributed by atoms with Crippen LogP contribution >= 0.6 is 11.6 Å². The Bertz CT molecular complexity index is 1520. The number of rotatable bonds is 5. The molecule has 4 nitrogen and oxygen atoms in total. The van der Waals surface area contributed by atoms with Gasteiger partial charge in [0.25, 0.3) is 0 Å². The van der Waals surface area contributed by atoms with Crippen LogP contribution < -0.4 is 10.5 Å². The van der Waals surface area contributed by atoms with Gasteiger partial charge in [0.15, 0.2) is 0 Å². The number of nitrogens with two attached hydrogens (primary N) is 1. The fourth-order valence-corrected chi connectivity index (χ4v) is 4.69. The quantitative estimate of drug-likeness (QED) is 0.326. The third kappa shape index (κ3) is 3.73. The second-order valence-corrected chi connectivity index (χ2v) is 8.63. The van der Waals surface area contributed by atoms with Gasteiger partial charge in [-0.05, 0) is 65.6 Å². The van der Waals surface area contributed by atoms with E-state index < -0.39 is 5.91 Å². The number of ether oxygens (including phenoxy) is 1. The fraction of sp³-hybridized carbons (Fsp3) is 0.107. The minimum Gasteiger partial charge on any atom is -0.496 e. The van der Waals surface area contributed by atoms with Crippen LogP contribution in [-0.4, -0.2) is 17.6 Å². The molecule has 1 amide bonds. The Kier molecular flexibility index (Phi) is 5.31. The normalized spacial score (nSPS) is 11.2. The highest BCUT2D eigenvalue weighted by atomic mass is 35.5. The molecule has 1 heterocycles. The van der Waals surface area contributed by atoms with Crippen molar-refractivity contribution in [1.82, 2.24) is 4.57 Å². The number of fused-ring (bicyclic) bond motifs is 3. The van der Waals surface area contributed by atoms with Crippen LogP contribution in [-0.2, 0) is 6.54 Å². The van der Waals surface area contributed by atoms with Gasteiger partial charge in [0.05, 0.1) is 18.1 Å². The maximum atomic E-state index is 12.2. The minimum absolute atomic E-state index is 0.429. The van der Waals surface area contributed by atoms with E-state index in [9.17, 15) is 4.79 Å². The number of aryl methyl sites for hydroxylation is 1. The van der Waals surface area contributed by atoms with Crippen LogP contribution in [0.4, 0.5) is 0 Å². The van der Waals surface area contributed by atoms with Crippen molar-refractivity contribution in [3.63, 3.8) is 0 Å². The smallest absolute Gasteiger partial charge is 0.249 e. The fourth-order valence-electron chi connectivity index (χ4n) is 4.56. The topological polar surface area (TPSA) is 57.2 Å². The van der Waals surface area contributed by atoms with E-state index in [4.69, 9.17) is 22.1 Å². The summed E-state index contributed by atoms with van der Waals surface area (Å²) < 4.78 is 7.67. The van der Waals surface area contributed by atoms with E-state index in [2.05, 4.69) is 34.9 Å². The molecule has 0 saturated carbocycles. The van der Waals surface area contributed by atoms with E-state index in [1.54, 1.807) is 13.2 Å². The molecule has 0 radical (unpaired) electrons. The number of methoxy groups -OCH3 is 1. The molecular weight excluding hydrogens is 432 g/mol. The van der Waals surface area contributed by atoms with Gasteiger partial charge in [-0.3, -0.25) is 4.79 Å². The predicted molar refractivity (Wildman–Crippen MR) is 135 cm³/mol. The standard InChI is InChI=1S/C28H23ClN2O2/c1-17-14-18(6-13-26(17)33-2)16-31-24-5-3-4-23(28(30)32)27(24)22-12-9-20(15-25(22)31)19-7-10-21(29)11-8-19/h3-15H,16H2,1-2H3,(H2,30,32). The highest BCUT2D eigenvalue weighted by Gasteiger charge is 2.17. The Morgan fingerprint density at radius 3 is 2.39 bits per heavy atom. The van der Waals surface area contributed by atoms with Crippen molar-refractivity contribution in [2.45, 2.75) is 13.5 Å². The van der Waals surface area contributed by atoms with Crippen LogP contribution in [0.3, 0.4) is 0 Å². The first kappa shape index (κ1) is 21.1. The van der Waals surface area contributed by atoms with Crippen molar-refractivity contribution in [2.24, 2.45) is 5.73 Å². The Morgan fingerprint density at radius 2 is 1.70 bits per heavy atom. The molecule has 4 aromatic carbocycles. The van der Waals surface area contributed by atoms with Gasteiger partial charge in [0.1, 0.15) is 5.75 Å². The highest BCUT2D eigenvalue weighted by molar-refractivity contribution is 6.30. The molecule has 0 aliphatic rings. The third-order valence-corrected chi connectivity index (χ3v) is 6.39. The van der Waals surface area contributed by atoms with Gasteiger partial charge in [-0.1, -0.05) is 54.1 Å². The molecular formula is C28H23ClN2O2. The van der Waals surface area contributed by atoms with Crippen LogP contribution in [0.15, 0.2) is 78.9 Å². The summed E-state index contributed by atoms with van der Waals surface area (Å²) in [4.78, 5) is 12.2. The average Bonchev–Trinajstić information content (AvgIpc) is 3.12. The largest absolute Gasteiger partial charge is 0.496 e. The van der Waals surface area contributed by atoms with E-state index in [0.29, 0.717) is 17.1 Å². The van der Waals surface area contributed by atoms with Crippen molar-refractivity contribution in [3.8, 4) is 16.9 Å². The molecule has 0 aliphatic heterocycles. The third-order valence-electron chi connectivity index (χ3n) is 6.13. The number of halogens is 1. The van der Waals surface area contributed by atoms with Crippen molar-refractivity contribution in [3.05, 3.63) is 101 Å². The molecule has 164 valence electrons. The zero-order valence-corrected chi connectivity index (χ0v) is 19.2. The SMILES string of the molecule is COc1ccc(Cn2c3cc(-c4ccc(Cl)cc4)ccc3c3c(C(N)=O)cccc32)cc1C. The first-order valence-corrected chi connectivity index (χ1v) is 11.1. The molecule has 2 N–H and O–H groups in total. The number of carbonyl (C=O) groups is 1. The first-order chi connectivity index (χ1) is 16.0. The van der Waals surface area contributed by atoms with Crippen molar-refractivity contribution < 1.29 is 9.53 Å². The van der Waals surface area contributed by atoms with Crippen LogP contribution in [0.1, 0.15) is 21.5 Å². The first-order valence-electron chi connectivity index (χ1n) is 10.7. The van der Waals surface area contributed by atoms with Gasteiger partial charge in [0.2, 0.25) is 5.91 Å². The number of primary amides is 1. The lowest BCUT2D eigenvalue weighted by Crippen LogP contribution is -2.11. The van der Waals surface area contributed by atoms with Crippen molar-refractivity contribution >= 4 is 39.3 Å². The van der Waals surface area contributed by atoms with E-state index in [-0.39, 0.29) is 0 Å². The van der Waals surface area contributed by atoms with Gasteiger partial charge in [-0.15, -0.1) is 0 Å². The molecule has 0 fully saturated rings. The number of benzene rings is 4. The molecule has 0 saturated heterocycles. The number of nitrogens with zero attached hydrogens (tertiary/aromatic N) is 1. The van der Waals surface area contributed by atoms with Crippen LogP contribution in [0, 0.1) is 6.92 Å². The lowest BCUT2D eigenvalue weighted by molar-refractivity contribution is 0.100. The summed E-state index contributed by atoms with van der Waals surface area (Å²) in [7, 11) is 1.68. The number of amides is 1. The van der Waals surface area contributed by atoms with Gasteiger partial charge >= 0.3 is 0 Å². The van der Waals surface area contributed by atoms with E-state index in [1.807, 2.05) is 49.4 Å². The second kappa shape index (κ2) is 8.30. The molecule has 0 atom stereocenters. The highest BCUT2D eigenvalue weighted by Crippen LogP contribution is 2.35. The van der Waals surface area contributed by atoms with E-state index in [0.717, 1.165) is 49.8 Å². The number of aromatic nitrogens is 1. The zero-order chi connectivity index (χ0) is 23.1. The Balaban J connectivity index is 1.76. The monoisotopic (exact) mass is 454 g/mol. The Labute approximate surface area is 197 Å². The number of hydrogen-bond donors (Lipinski definition) is 1. The summed E-state index contributed by atoms with van der Waals surface area (Å²) in [6.45, 7) is 2.69. The van der Waals surface area contributed by atoms with Gasteiger partial charge in [-0.25, -0.2) is 0 Å². The predicted octanol–water partition coefficient (Wildman–Crippen LogP) is 6.58. The Hall–Kier alpha value is -3.76. The van der Waals surface area contributed by atoms with Gasteiger partial charge < -0.3 is 15.0 Å². The van der Waals surface area contributed by atoms with Crippen molar-refractivity contribution in [1.29, 1.82) is 0 Å². The second-order valence-electron chi connectivity index (χ2n) is 8.19. The molecule has 1 aromatic heterocycles. The molecule has 0 unspecified atom stereocenters. The molecule has 0 aliphatic carbocycles. The van der Waals surface area contributed by atoms with Gasteiger partial charge in [-0.2, -0.15) is 0 Å². The summed E-state index contributed by atoms with van der Waals surface area (Å²) in [6.07, 6.45) is 0. The number of hydrogen-bond acceptors (Lipinski definition) is 2. The average molecular weight is 455 g/mol. The summed E-state index contributed by atoms with van der Waals surface area (Å²) in [5.41, 5.74) is 12.7. The molecule has 5 heteroatoms. The summed E-state index contributed by atoms with van der Waals surface area (Å²) in [6, 6.07) is 26.0. The van der Waals surface area contributed by atoms with Crippen LogP contribution in [0.5, 0.6) is 5.75 Å². The van der Waals surface area contributed by atoms with Crippen molar-refractivity contribution in [2.75, 3.05) is 7.11 Å². The maximum absolute atomic E-state index is 12.2. The number of carbonyl (C=O) groups excluding carboxylic acids is 1. The van der Waals surface area contributed by atoms with Crippen LogP contribution in [0.2, 0.25) is 5.02 Å². The molecule has 0 spiro atoms. The molecule has 5 aromatic rings. The van der Waals surface area contributed by atoms with Crippen LogP contribution in [0.25, 0.3) is 32.9 Å². The molecule has 33 heavy (non-hydrogen) atoms. The minimum atomic E-state index is -0.429. The summed E-state index contributed by atoms with van der Waals surface area (Å²) in [5.74, 6) is 0.434. The lowest BCUT2D eigenvalue weighted by atomic mass is 10.0.